The van der Waals surface area contributed by atoms with Crippen molar-refractivity contribution in [1.82, 2.24) is 0 Å². The Labute approximate surface area is 142 Å². The summed E-state index contributed by atoms with van der Waals surface area (Å²) in [4.78, 5) is 35.8. The summed E-state index contributed by atoms with van der Waals surface area (Å²) >= 11 is 0. The average molecular weight is 328 g/mol. The molecule has 2 rings (SSSR count). The summed E-state index contributed by atoms with van der Waals surface area (Å²) in [5, 5.41) is 10.0. The quantitative estimate of drug-likeness (QED) is 0.644. The number of hydrogen-bond donors (Lipinski definition) is 1. The van der Waals surface area contributed by atoms with Gasteiger partial charge < -0.3 is 9.90 Å². The van der Waals surface area contributed by atoms with E-state index in [2.05, 4.69) is 0 Å². The van der Waals surface area contributed by atoms with Gasteiger partial charge in [0.25, 0.3) is 0 Å². The van der Waals surface area contributed by atoms with E-state index in [1.54, 1.807) is 13.0 Å². The molecule has 0 aromatic heterocycles. The van der Waals surface area contributed by atoms with Gasteiger partial charge in [0.15, 0.2) is 0 Å². The number of benzene rings is 1. The Morgan fingerprint density at radius 2 is 1.79 bits per heavy atom. The number of hydrogen-bond acceptors (Lipinski definition) is 4. The molecule has 1 aliphatic rings. The van der Waals surface area contributed by atoms with Crippen LogP contribution < -0.4 is 0 Å². The minimum absolute atomic E-state index is 0.00498. The molecule has 1 aliphatic carbocycles. The molecule has 0 saturated carbocycles. The molecule has 24 heavy (non-hydrogen) atoms. The molecule has 0 spiro atoms. The van der Waals surface area contributed by atoms with Gasteiger partial charge in [-0.3, -0.25) is 9.59 Å². The Bertz CT molecular complexity index is 713. The van der Waals surface area contributed by atoms with Crippen molar-refractivity contribution < 1.29 is 19.5 Å². The summed E-state index contributed by atoms with van der Waals surface area (Å²) in [6.07, 6.45) is 2.60. The van der Waals surface area contributed by atoms with Gasteiger partial charge in [0.2, 0.25) is 11.6 Å². The predicted octanol–water partition coefficient (Wildman–Crippen LogP) is 2.93. The number of fused-ring (bicyclic) bond motifs is 1. The average Bonchev–Trinajstić information content (AvgIpc) is 2.55. The third kappa shape index (κ3) is 3.39. The number of allylic oxidation sites excluding steroid dienone is 1. The van der Waals surface area contributed by atoms with Crippen LogP contribution in [0.1, 0.15) is 54.2 Å². The lowest BCUT2D eigenvalue weighted by Gasteiger charge is -2.22. The van der Waals surface area contributed by atoms with Gasteiger partial charge in [-0.05, 0) is 48.4 Å². The molecule has 4 nitrogen and oxygen atoms in total. The standard InChI is InChI=1S/C20H24O4/c1-11(2)16-9-14-6-5-12(3)15(18(14)20(24)19(16)23)7-8-17(22)13(4)10-21/h5-6,9-11,13,17,22H,7-8H2,1-4H3. The molecule has 0 fully saturated rings. The van der Waals surface area contributed by atoms with E-state index in [9.17, 15) is 19.5 Å². The van der Waals surface area contributed by atoms with Crippen molar-refractivity contribution >= 4 is 23.9 Å². The van der Waals surface area contributed by atoms with Crippen LogP contribution in [0.25, 0.3) is 6.08 Å². The summed E-state index contributed by atoms with van der Waals surface area (Å²) in [5.41, 5.74) is 3.47. The van der Waals surface area contributed by atoms with Crippen LogP contribution in [0.3, 0.4) is 0 Å². The number of aryl methyl sites for hydroxylation is 1. The first-order chi connectivity index (χ1) is 11.3. The van der Waals surface area contributed by atoms with E-state index < -0.39 is 23.6 Å². The zero-order valence-corrected chi connectivity index (χ0v) is 14.6. The smallest absolute Gasteiger partial charge is 0.234 e. The molecule has 0 saturated heterocycles. The van der Waals surface area contributed by atoms with Crippen LogP contribution >= 0.6 is 0 Å². The van der Waals surface area contributed by atoms with Gasteiger partial charge in [-0.15, -0.1) is 0 Å². The summed E-state index contributed by atoms with van der Waals surface area (Å²) in [6, 6.07) is 3.80. The highest BCUT2D eigenvalue weighted by molar-refractivity contribution is 6.52. The molecule has 0 bridgehead atoms. The zero-order chi connectivity index (χ0) is 18.0. The number of ketones is 2. The maximum atomic E-state index is 12.6. The third-order valence-corrected chi connectivity index (χ3v) is 4.72. The minimum atomic E-state index is -0.756. The fourth-order valence-corrected chi connectivity index (χ4v) is 3.03. The maximum Gasteiger partial charge on any atom is 0.234 e. The van der Waals surface area contributed by atoms with E-state index in [0.29, 0.717) is 24.0 Å². The zero-order valence-electron chi connectivity index (χ0n) is 14.6. The van der Waals surface area contributed by atoms with Gasteiger partial charge in [-0.2, -0.15) is 0 Å². The monoisotopic (exact) mass is 328 g/mol. The molecule has 128 valence electrons. The number of aldehydes is 1. The van der Waals surface area contributed by atoms with Gasteiger partial charge >= 0.3 is 0 Å². The highest BCUT2D eigenvalue weighted by atomic mass is 16.3. The molecule has 2 unspecified atom stereocenters. The topological polar surface area (TPSA) is 71.4 Å². The van der Waals surface area contributed by atoms with Crippen molar-refractivity contribution in [2.75, 3.05) is 0 Å². The number of Topliss-reactive ketones (excluding diaryl/α,β-unsaturated/α-hetero) is 2. The Morgan fingerprint density at radius 1 is 1.12 bits per heavy atom. The molecule has 0 amide bonds. The van der Waals surface area contributed by atoms with E-state index in [4.69, 9.17) is 0 Å². The van der Waals surface area contributed by atoms with Gasteiger partial charge in [0.1, 0.15) is 6.29 Å². The normalized spacial score (nSPS) is 16.7. The molecular formula is C20H24O4. The van der Waals surface area contributed by atoms with Crippen LogP contribution in [0.5, 0.6) is 0 Å². The molecule has 0 aliphatic heterocycles. The molecule has 0 radical (unpaired) electrons. The summed E-state index contributed by atoms with van der Waals surface area (Å²) < 4.78 is 0. The van der Waals surface area contributed by atoms with Crippen LogP contribution in [0.2, 0.25) is 0 Å². The van der Waals surface area contributed by atoms with Crippen molar-refractivity contribution in [1.29, 1.82) is 0 Å². The predicted molar refractivity (Wildman–Crippen MR) is 92.9 cm³/mol. The molecule has 4 heteroatoms. The van der Waals surface area contributed by atoms with Crippen molar-refractivity contribution in [2.24, 2.45) is 11.8 Å². The number of carbonyl (C=O) groups is 3. The van der Waals surface area contributed by atoms with Crippen LogP contribution in [-0.2, 0) is 16.0 Å². The summed E-state index contributed by atoms with van der Waals surface area (Å²) in [7, 11) is 0. The first-order valence-corrected chi connectivity index (χ1v) is 8.34. The molecular weight excluding hydrogens is 304 g/mol. The molecule has 1 aromatic rings. The second-order valence-corrected chi connectivity index (χ2v) is 6.84. The van der Waals surface area contributed by atoms with E-state index in [1.165, 1.54) is 0 Å². The largest absolute Gasteiger partial charge is 0.392 e. The van der Waals surface area contributed by atoms with E-state index >= 15 is 0 Å². The Hall–Kier alpha value is -2.07. The SMILES string of the molecule is Cc1ccc2c(c1CCC(O)C(C)C=O)C(=O)C(=O)C(C(C)C)=C2. The van der Waals surface area contributed by atoms with Crippen LogP contribution in [0.4, 0.5) is 0 Å². The molecule has 1 N–H and O–H groups in total. The highest BCUT2D eigenvalue weighted by Crippen LogP contribution is 2.31. The van der Waals surface area contributed by atoms with Crippen LogP contribution in [0.15, 0.2) is 17.7 Å². The Balaban J connectivity index is 2.42. The lowest BCUT2D eigenvalue weighted by atomic mass is 9.80. The number of carbonyl (C=O) groups excluding carboxylic acids is 3. The van der Waals surface area contributed by atoms with E-state index in [0.717, 1.165) is 23.0 Å². The molecule has 0 heterocycles. The van der Waals surface area contributed by atoms with Crippen molar-refractivity contribution in [3.8, 4) is 0 Å². The van der Waals surface area contributed by atoms with Crippen molar-refractivity contribution in [3.63, 3.8) is 0 Å². The number of rotatable bonds is 6. The Morgan fingerprint density at radius 3 is 2.38 bits per heavy atom. The van der Waals surface area contributed by atoms with Crippen LogP contribution in [-0.4, -0.2) is 29.1 Å². The van der Waals surface area contributed by atoms with Gasteiger partial charge in [-0.1, -0.05) is 32.9 Å². The molecule has 1 aromatic carbocycles. The minimum Gasteiger partial charge on any atom is -0.392 e. The lowest BCUT2D eigenvalue weighted by molar-refractivity contribution is -0.113. The van der Waals surface area contributed by atoms with Gasteiger partial charge in [-0.25, -0.2) is 0 Å². The second kappa shape index (κ2) is 7.22. The summed E-state index contributed by atoms with van der Waals surface area (Å²) in [6.45, 7) is 7.35. The summed E-state index contributed by atoms with van der Waals surface area (Å²) in [5.74, 6) is -1.36. The number of aliphatic hydroxyl groups is 1. The number of aliphatic hydroxyl groups excluding tert-OH is 1. The van der Waals surface area contributed by atoms with E-state index in [-0.39, 0.29) is 5.92 Å². The van der Waals surface area contributed by atoms with Crippen molar-refractivity contribution in [3.05, 3.63) is 40.0 Å². The highest BCUT2D eigenvalue weighted by Gasteiger charge is 2.31. The first-order valence-electron chi connectivity index (χ1n) is 8.34. The lowest BCUT2D eigenvalue weighted by Crippen LogP contribution is -2.26. The van der Waals surface area contributed by atoms with E-state index in [1.807, 2.05) is 32.9 Å². The first kappa shape index (κ1) is 18.3. The third-order valence-electron chi connectivity index (χ3n) is 4.72. The second-order valence-electron chi connectivity index (χ2n) is 6.84. The van der Waals surface area contributed by atoms with Gasteiger partial charge in [0, 0.05) is 17.1 Å². The fourth-order valence-electron chi connectivity index (χ4n) is 3.03. The Kier molecular flexibility index (Phi) is 5.50. The van der Waals surface area contributed by atoms with Crippen molar-refractivity contribution in [2.45, 2.75) is 46.6 Å². The fraction of sp³-hybridized carbons (Fsp3) is 0.450. The molecule has 2 atom stereocenters. The van der Waals surface area contributed by atoms with Crippen LogP contribution in [0, 0.1) is 18.8 Å². The maximum absolute atomic E-state index is 12.6. The van der Waals surface area contributed by atoms with Gasteiger partial charge in [0.05, 0.1) is 6.10 Å².